The van der Waals surface area contributed by atoms with Crippen molar-refractivity contribution >= 4 is 0 Å². The van der Waals surface area contributed by atoms with Crippen molar-refractivity contribution in [3.63, 3.8) is 0 Å². The number of aryl methyl sites for hydroxylation is 1. The van der Waals surface area contributed by atoms with Gasteiger partial charge in [-0.2, -0.15) is 4.98 Å². The molecule has 3 aromatic rings. The van der Waals surface area contributed by atoms with Crippen molar-refractivity contribution in [1.29, 1.82) is 0 Å². The van der Waals surface area contributed by atoms with E-state index in [1.165, 1.54) is 50.2 Å². The molecule has 164 valence electrons. The van der Waals surface area contributed by atoms with E-state index in [0.29, 0.717) is 23.7 Å². The molecule has 1 aliphatic rings. The van der Waals surface area contributed by atoms with E-state index in [2.05, 4.69) is 29.2 Å². The molecule has 1 heterocycles. The van der Waals surface area contributed by atoms with Crippen molar-refractivity contribution in [1.82, 2.24) is 10.1 Å². The van der Waals surface area contributed by atoms with Crippen LogP contribution in [0, 0.1) is 17.6 Å². The minimum absolute atomic E-state index is 0.00318. The quantitative estimate of drug-likeness (QED) is 0.390. The largest absolute Gasteiger partial charge is 0.334 e. The fourth-order valence-corrected chi connectivity index (χ4v) is 4.76. The van der Waals surface area contributed by atoms with E-state index < -0.39 is 11.6 Å². The second kappa shape index (κ2) is 9.71. The Morgan fingerprint density at radius 2 is 1.65 bits per heavy atom. The van der Waals surface area contributed by atoms with Crippen LogP contribution in [0.25, 0.3) is 22.8 Å². The third-order valence-electron chi connectivity index (χ3n) is 6.52. The molecule has 0 aliphatic heterocycles. The topological polar surface area (TPSA) is 38.9 Å². The van der Waals surface area contributed by atoms with E-state index in [9.17, 15) is 8.78 Å². The Balaban J connectivity index is 1.48. The first kappa shape index (κ1) is 21.7. The Morgan fingerprint density at radius 1 is 0.903 bits per heavy atom. The van der Waals surface area contributed by atoms with Gasteiger partial charge in [0.15, 0.2) is 11.6 Å². The summed E-state index contributed by atoms with van der Waals surface area (Å²) in [5.41, 5.74) is 2.52. The minimum atomic E-state index is -0.935. The van der Waals surface area contributed by atoms with E-state index in [4.69, 9.17) is 4.52 Å². The smallest absolute Gasteiger partial charge is 0.261 e. The van der Waals surface area contributed by atoms with E-state index in [-0.39, 0.29) is 11.5 Å². The van der Waals surface area contributed by atoms with Gasteiger partial charge in [0.05, 0.1) is 5.56 Å². The first-order chi connectivity index (χ1) is 15.1. The maximum Gasteiger partial charge on any atom is 0.261 e. The zero-order valence-electron chi connectivity index (χ0n) is 18.3. The minimum Gasteiger partial charge on any atom is -0.334 e. The first-order valence-electron chi connectivity index (χ1n) is 11.5. The molecular weight excluding hydrogens is 394 g/mol. The molecule has 1 saturated carbocycles. The van der Waals surface area contributed by atoms with Crippen LogP contribution in [0.15, 0.2) is 40.9 Å². The summed E-state index contributed by atoms with van der Waals surface area (Å²) in [5.74, 6) is 0.104. The molecule has 0 radical (unpaired) electrons. The molecule has 0 unspecified atom stereocenters. The highest BCUT2D eigenvalue weighted by molar-refractivity contribution is 5.61. The second-order valence-corrected chi connectivity index (χ2v) is 8.70. The maximum absolute atomic E-state index is 14.5. The van der Waals surface area contributed by atoms with E-state index in [1.807, 2.05) is 19.1 Å². The van der Waals surface area contributed by atoms with E-state index in [0.717, 1.165) is 17.9 Å². The van der Waals surface area contributed by atoms with Crippen molar-refractivity contribution in [2.75, 3.05) is 0 Å². The van der Waals surface area contributed by atoms with Crippen LogP contribution in [-0.4, -0.2) is 10.1 Å². The number of hydrogen-bond acceptors (Lipinski definition) is 3. The van der Waals surface area contributed by atoms with E-state index in [1.54, 1.807) is 6.07 Å². The van der Waals surface area contributed by atoms with Crippen LogP contribution >= 0.6 is 0 Å². The molecular formula is C26H30F2N2O. The number of rotatable bonds is 7. The van der Waals surface area contributed by atoms with Gasteiger partial charge in [-0.25, -0.2) is 8.78 Å². The maximum atomic E-state index is 14.5. The average molecular weight is 425 g/mol. The number of nitrogens with zero attached hydrogens (tertiary/aromatic N) is 2. The lowest BCUT2D eigenvalue weighted by molar-refractivity contribution is 0.308. The summed E-state index contributed by atoms with van der Waals surface area (Å²) < 4.78 is 34.1. The van der Waals surface area contributed by atoms with Gasteiger partial charge in [0.25, 0.3) is 5.89 Å². The molecule has 1 fully saturated rings. The number of hydrogen-bond donors (Lipinski definition) is 0. The Labute approximate surface area is 182 Å². The molecule has 0 bridgehead atoms. The summed E-state index contributed by atoms with van der Waals surface area (Å²) in [5, 5.41) is 3.99. The molecule has 0 saturated heterocycles. The van der Waals surface area contributed by atoms with Gasteiger partial charge in [0.2, 0.25) is 5.82 Å². The lowest BCUT2D eigenvalue weighted by Gasteiger charge is -2.28. The van der Waals surface area contributed by atoms with Crippen molar-refractivity contribution in [2.45, 2.75) is 71.1 Å². The first-order valence-corrected chi connectivity index (χ1v) is 11.5. The highest BCUT2D eigenvalue weighted by Crippen LogP contribution is 2.38. The third kappa shape index (κ3) is 4.70. The lowest BCUT2D eigenvalue weighted by atomic mass is 9.77. The molecule has 0 amide bonds. The molecule has 0 spiro atoms. The van der Waals surface area contributed by atoms with Crippen molar-refractivity contribution in [3.8, 4) is 22.8 Å². The molecule has 31 heavy (non-hydrogen) atoms. The van der Waals surface area contributed by atoms with Gasteiger partial charge in [-0.15, -0.1) is 0 Å². The van der Waals surface area contributed by atoms with Crippen LogP contribution in [-0.2, 0) is 6.42 Å². The Morgan fingerprint density at radius 3 is 2.32 bits per heavy atom. The van der Waals surface area contributed by atoms with Crippen LogP contribution in [0.4, 0.5) is 8.78 Å². The third-order valence-corrected chi connectivity index (χ3v) is 6.52. The van der Waals surface area contributed by atoms with Crippen LogP contribution in [0.2, 0.25) is 0 Å². The van der Waals surface area contributed by atoms with Crippen LogP contribution < -0.4 is 0 Å². The number of aromatic nitrogens is 2. The zero-order valence-corrected chi connectivity index (χ0v) is 18.3. The summed E-state index contributed by atoms with van der Waals surface area (Å²) in [4.78, 5) is 4.32. The standard InChI is InChI=1S/C26H30F2N2O/c1-3-5-17-7-9-18(10-8-17)19-11-13-21(14-12-19)25-29-26(31-30-25)22-16-15-20(6-4-2)23(27)24(22)28/h11-18H,3-10H2,1-2H3. The average Bonchev–Trinajstić information content (AvgIpc) is 3.28. The fourth-order valence-electron chi connectivity index (χ4n) is 4.76. The molecule has 1 aliphatic carbocycles. The highest BCUT2D eigenvalue weighted by Gasteiger charge is 2.23. The van der Waals surface area contributed by atoms with Gasteiger partial charge in [-0.1, -0.05) is 68.6 Å². The van der Waals surface area contributed by atoms with Gasteiger partial charge in [-0.05, 0) is 61.1 Å². The van der Waals surface area contributed by atoms with Gasteiger partial charge < -0.3 is 4.52 Å². The zero-order chi connectivity index (χ0) is 21.8. The molecule has 1 aromatic heterocycles. The molecule has 3 nitrogen and oxygen atoms in total. The molecule has 2 aromatic carbocycles. The van der Waals surface area contributed by atoms with Gasteiger partial charge in [-0.3, -0.25) is 0 Å². The van der Waals surface area contributed by atoms with Crippen molar-refractivity contribution in [2.24, 2.45) is 5.92 Å². The molecule has 0 atom stereocenters. The molecule has 4 rings (SSSR count). The van der Waals surface area contributed by atoms with Crippen LogP contribution in [0.3, 0.4) is 0 Å². The predicted molar refractivity (Wildman–Crippen MR) is 119 cm³/mol. The van der Waals surface area contributed by atoms with Crippen molar-refractivity contribution in [3.05, 3.63) is 59.2 Å². The molecule has 0 N–H and O–H groups in total. The second-order valence-electron chi connectivity index (χ2n) is 8.70. The summed E-state index contributed by atoms with van der Waals surface area (Å²) in [6, 6.07) is 11.3. The summed E-state index contributed by atoms with van der Waals surface area (Å²) in [6.45, 7) is 4.19. The van der Waals surface area contributed by atoms with Gasteiger partial charge in [0, 0.05) is 5.56 Å². The van der Waals surface area contributed by atoms with Crippen LogP contribution in [0.1, 0.15) is 75.8 Å². The summed E-state index contributed by atoms with van der Waals surface area (Å²) >= 11 is 0. The Bertz CT molecular complexity index is 1000. The molecule has 5 heteroatoms. The highest BCUT2D eigenvalue weighted by atomic mass is 19.2. The normalized spacial score (nSPS) is 19.0. The Hall–Kier alpha value is -2.56. The fraction of sp³-hybridized carbons (Fsp3) is 0.462. The monoisotopic (exact) mass is 424 g/mol. The lowest BCUT2D eigenvalue weighted by Crippen LogP contribution is -2.13. The Kier molecular flexibility index (Phi) is 6.79. The van der Waals surface area contributed by atoms with E-state index >= 15 is 0 Å². The van der Waals surface area contributed by atoms with Gasteiger partial charge >= 0.3 is 0 Å². The SMILES string of the molecule is CCCc1ccc(-c2nc(-c3ccc(C4CCC(CCC)CC4)cc3)no2)c(F)c1F. The van der Waals surface area contributed by atoms with Gasteiger partial charge in [0.1, 0.15) is 0 Å². The number of halogens is 2. The van der Waals surface area contributed by atoms with Crippen molar-refractivity contribution < 1.29 is 13.3 Å². The summed E-state index contributed by atoms with van der Waals surface area (Å²) in [7, 11) is 0. The summed E-state index contributed by atoms with van der Waals surface area (Å²) in [6.07, 6.45) is 8.97. The number of benzene rings is 2. The van der Waals surface area contributed by atoms with Crippen LogP contribution in [0.5, 0.6) is 0 Å². The predicted octanol–water partition coefficient (Wildman–Crippen LogP) is 7.71.